The molecule has 0 aliphatic rings. The summed E-state index contributed by atoms with van der Waals surface area (Å²) < 4.78 is 4.15. The minimum Gasteiger partial charge on any atom is -0.398 e. The maximum Gasteiger partial charge on any atom is 0.332 e. The van der Waals surface area contributed by atoms with Gasteiger partial charge in [0, 0.05) is 32.4 Å². The fourth-order valence-electron chi connectivity index (χ4n) is 3.39. The van der Waals surface area contributed by atoms with Crippen LogP contribution in [0.4, 0.5) is 11.6 Å². The van der Waals surface area contributed by atoms with Crippen LogP contribution in [0.25, 0.3) is 11.2 Å². The highest BCUT2D eigenvalue weighted by Gasteiger charge is 2.22. The fraction of sp³-hybridized carbons (Fsp3) is 0.350. The first-order valence-electron chi connectivity index (χ1n) is 9.19. The van der Waals surface area contributed by atoms with Crippen molar-refractivity contribution in [3.05, 3.63) is 50.7 Å². The van der Waals surface area contributed by atoms with Gasteiger partial charge in [-0.1, -0.05) is 24.1 Å². The van der Waals surface area contributed by atoms with Gasteiger partial charge >= 0.3 is 5.69 Å². The molecule has 152 valence electrons. The number of nitrogens with two attached hydrogens (primary N) is 2. The topological polar surface area (TPSA) is 117 Å². The minimum atomic E-state index is -0.475. The fourth-order valence-corrected chi connectivity index (χ4v) is 3.39. The van der Waals surface area contributed by atoms with E-state index in [0.717, 1.165) is 4.57 Å². The highest BCUT2D eigenvalue weighted by Crippen LogP contribution is 2.19. The molecule has 0 aliphatic carbocycles. The summed E-state index contributed by atoms with van der Waals surface area (Å²) in [4.78, 5) is 32.6. The molecule has 9 heteroatoms. The monoisotopic (exact) mass is 395 g/mol. The first-order chi connectivity index (χ1) is 13.8. The molecule has 1 atom stereocenters. The normalized spacial score (nSPS) is 12.1. The van der Waals surface area contributed by atoms with Crippen molar-refractivity contribution >= 4 is 22.8 Å². The lowest BCUT2D eigenvalue weighted by molar-refractivity contribution is 0.654. The average Bonchev–Trinajstić information content (AvgIpc) is 3.04. The third-order valence-corrected chi connectivity index (χ3v) is 4.75. The number of nitrogen functional groups attached to an aromatic ring is 1. The average molecular weight is 395 g/mol. The van der Waals surface area contributed by atoms with E-state index in [1.54, 1.807) is 29.8 Å². The van der Waals surface area contributed by atoms with E-state index in [-0.39, 0.29) is 30.3 Å². The Morgan fingerprint density at radius 2 is 1.97 bits per heavy atom. The summed E-state index contributed by atoms with van der Waals surface area (Å²) in [5.74, 6) is 3.05. The maximum absolute atomic E-state index is 13.3. The summed E-state index contributed by atoms with van der Waals surface area (Å²) in [6, 6.07) is 7.01. The Balaban J connectivity index is 2.28. The van der Waals surface area contributed by atoms with Crippen LogP contribution in [0.1, 0.15) is 12.5 Å². The maximum atomic E-state index is 13.3. The van der Waals surface area contributed by atoms with E-state index >= 15 is 0 Å². The zero-order valence-electron chi connectivity index (χ0n) is 16.8. The van der Waals surface area contributed by atoms with E-state index in [9.17, 15) is 9.59 Å². The highest BCUT2D eigenvalue weighted by atomic mass is 16.2. The standard InChI is InChI=1S/C20H25N7O2/c1-5-10-26-16-17(23-19(26)24(3)11-13(2)21)25(4)20(29)27(18(16)28)12-14-8-6-7-9-15(14)22/h1,6-9,13H,10-12,21-22H2,2-4H3/t13-/m0/s1. The van der Waals surface area contributed by atoms with E-state index in [1.807, 2.05) is 24.9 Å². The van der Waals surface area contributed by atoms with Gasteiger partial charge in [0.1, 0.15) is 0 Å². The number of aromatic nitrogens is 4. The number of nitrogens with zero attached hydrogens (tertiary/aromatic N) is 5. The molecular formula is C20H25N7O2. The number of benzene rings is 1. The van der Waals surface area contributed by atoms with Crippen LogP contribution in [0.3, 0.4) is 0 Å². The number of hydrogen-bond acceptors (Lipinski definition) is 6. The first kappa shape index (κ1) is 20.2. The van der Waals surface area contributed by atoms with E-state index < -0.39 is 11.2 Å². The van der Waals surface area contributed by atoms with Crippen LogP contribution in [0.2, 0.25) is 0 Å². The van der Waals surface area contributed by atoms with Crippen molar-refractivity contribution in [3.8, 4) is 12.3 Å². The van der Waals surface area contributed by atoms with Crippen molar-refractivity contribution in [3.63, 3.8) is 0 Å². The van der Waals surface area contributed by atoms with Crippen LogP contribution in [-0.4, -0.2) is 38.3 Å². The number of para-hydroxylation sites is 1. The Labute approximate surface area is 168 Å². The molecule has 0 saturated heterocycles. The zero-order valence-corrected chi connectivity index (χ0v) is 16.8. The molecule has 0 fully saturated rings. The molecule has 29 heavy (non-hydrogen) atoms. The summed E-state index contributed by atoms with van der Waals surface area (Å²) in [5, 5.41) is 0. The van der Waals surface area contributed by atoms with Crippen LogP contribution in [0.5, 0.6) is 0 Å². The summed E-state index contributed by atoms with van der Waals surface area (Å²) >= 11 is 0. The number of likely N-dealkylation sites (N-methyl/N-ethyl adjacent to an activating group) is 1. The Kier molecular flexibility index (Phi) is 5.48. The highest BCUT2D eigenvalue weighted by molar-refractivity contribution is 5.74. The second-order valence-corrected chi connectivity index (χ2v) is 7.16. The second-order valence-electron chi connectivity index (χ2n) is 7.16. The van der Waals surface area contributed by atoms with Crippen LogP contribution < -0.4 is 27.6 Å². The Bertz CT molecular complexity index is 1210. The van der Waals surface area contributed by atoms with E-state index in [2.05, 4.69) is 10.9 Å². The molecule has 9 nitrogen and oxygen atoms in total. The second kappa shape index (κ2) is 7.85. The first-order valence-corrected chi connectivity index (χ1v) is 9.19. The molecule has 3 rings (SSSR count). The van der Waals surface area contributed by atoms with Gasteiger partial charge in [-0.05, 0) is 18.6 Å². The zero-order chi connectivity index (χ0) is 21.3. The predicted molar refractivity (Wildman–Crippen MR) is 115 cm³/mol. The van der Waals surface area contributed by atoms with Crippen molar-refractivity contribution < 1.29 is 0 Å². The molecule has 0 spiro atoms. The third-order valence-electron chi connectivity index (χ3n) is 4.75. The molecule has 0 aliphatic heterocycles. The van der Waals surface area contributed by atoms with Gasteiger partial charge in [0.2, 0.25) is 5.95 Å². The molecule has 4 N–H and O–H groups in total. The van der Waals surface area contributed by atoms with Crippen molar-refractivity contribution in [2.24, 2.45) is 12.8 Å². The molecule has 2 heterocycles. The van der Waals surface area contributed by atoms with Crippen molar-refractivity contribution in [2.75, 3.05) is 24.2 Å². The van der Waals surface area contributed by atoms with Crippen LogP contribution in [0, 0.1) is 12.3 Å². The van der Waals surface area contributed by atoms with Gasteiger partial charge < -0.3 is 16.4 Å². The molecule has 0 radical (unpaired) electrons. The predicted octanol–water partition coefficient (Wildman–Crippen LogP) is -0.0562. The van der Waals surface area contributed by atoms with Gasteiger partial charge in [-0.2, -0.15) is 4.98 Å². The number of imidazole rings is 1. The van der Waals surface area contributed by atoms with Crippen molar-refractivity contribution in [1.29, 1.82) is 0 Å². The Morgan fingerprint density at radius 3 is 2.59 bits per heavy atom. The molecular weight excluding hydrogens is 370 g/mol. The smallest absolute Gasteiger partial charge is 0.332 e. The summed E-state index contributed by atoms with van der Waals surface area (Å²) in [6.07, 6.45) is 5.54. The number of hydrogen-bond donors (Lipinski definition) is 2. The number of rotatable bonds is 6. The lowest BCUT2D eigenvalue weighted by Gasteiger charge is -2.20. The van der Waals surface area contributed by atoms with Crippen LogP contribution >= 0.6 is 0 Å². The van der Waals surface area contributed by atoms with Crippen molar-refractivity contribution in [1.82, 2.24) is 18.7 Å². The lowest BCUT2D eigenvalue weighted by Crippen LogP contribution is -2.40. The van der Waals surface area contributed by atoms with Gasteiger partial charge in [0.25, 0.3) is 5.56 Å². The van der Waals surface area contributed by atoms with E-state index in [1.165, 1.54) is 4.57 Å². The van der Waals surface area contributed by atoms with Gasteiger partial charge in [-0.15, -0.1) is 6.42 Å². The molecule has 3 aromatic rings. The minimum absolute atomic E-state index is 0.0559. The molecule has 0 unspecified atom stereocenters. The van der Waals surface area contributed by atoms with Crippen LogP contribution in [-0.2, 0) is 20.1 Å². The molecule has 0 saturated carbocycles. The van der Waals surface area contributed by atoms with Gasteiger partial charge in [-0.3, -0.25) is 18.5 Å². The summed E-state index contributed by atoms with van der Waals surface area (Å²) in [7, 11) is 3.40. The molecule has 2 aromatic heterocycles. The van der Waals surface area contributed by atoms with Gasteiger partial charge in [0.15, 0.2) is 11.2 Å². The molecule has 0 bridgehead atoms. The SMILES string of the molecule is C#CCn1c(N(C)C[C@H](C)N)nc2c1c(=O)n(Cc1ccccc1N)c(=O)n2C. The van der Waals surface area contributed by atoms with E-state index in [0.29, 0.717) is 23.7 Å². The number of anilines is 2. The Hall–Kier alpha value is -3.51. The number of terminal acetylenes is 1. The summed E-state index contributed by atoms with van der Waals surface area (Å²) in [5.41, 5.74) is 12.7. The van der Waals surface area contributed by atoms with E-state index in [4.69, 9.17) is 17.9 Å². The van der Waals surface area contributed by atoms with Gasteiger partial charge in [0.05, 0.1) is 13.1 Å². The van der Waals surface area contributed by atoms with Crippen LogP contribution in [0.15, 0.2) is 33.9 Å². The van der Waals surface area contributed by atoms with Crippen molar-refractivity contribution in [2.45, 2.75) is 26.1 Å². The largest absolute Gasteiger partial charge is 0.398 e. The lowest BCUT2D eigenvalue weighted by atomic mass is 10.2. The number of fused-ring (bicyclic) bond motifs is 1. The third kappa shape index (κ3) is 3.62. The number of aryl methyl sites for hydroxylation is 1. The quantitative estimate of drug-likeness (QED) is 0.446. The summed E-state index contributed by atoms with van der Waals surface area (Å²) in [6.45, 7) is 2.57. The molecule has 1 aromatic carbocycles. The molecule has 0 amide bonds. The Morgan fingerprint density at radius 1 is 1.28 bits per heavy atom. The van der Waals surface area contributed by atoms with Gasteiger partial charge in [-0.25, -0.2) is 4.79 Å².